The molecule has 0 saturated carbocycles. The zero-order chi connectivity index (χ0) is 15.0. The van der Waals surface area contributed by atoms with Crippen LogP contribution >= 0.6 is 11.6 Å². The third kappa shape index (κ3) is 2.47. The molecular weight excluding hydrogens is 291 g/mol. The summed E-state index contributed by atoms with van der Waals surface area (Å²) in [5, 5.41) is 10.2. The molecule has 0 radical (unpaired) electrons. The molecular formula is C16H14ClFN2O. The standard InChI is InChI=1S/C16H14ClFN2O/c1-2-7-20-15-6-3-10(18)8-14(15)19-16(20)12-9-11(21)4-5-13(12)17/h3-6,8-9,21H,2,7H2,1H3. The number of nitrogens with zero attached hydrogens (tertiary/aromatic N) is 2. The molecule has 1 aromatic heterocycles. The first-order chi connectivity index (χ1) is 10.1. The number of aromatic nitrogens is 2. The van der Waals surface area contributed by atoms with Gasteiger partial charge in [0.25, 0.3) is 0 Å². The Bertz CT molecular complexity index is 813. The zero-order valence-electron chi connectivity index (χ0n) is 11.5. The molecule has 21 heavy (non-hydrogen) atoms. The number of aryl methyl sites for hydroxylation is 1. The van der Waals surface area contributed by atoms with Crippen LogP contribution in [-0.4, -0.2) is 14.7 Å². The SMILES string of the molecule is CCCn1c(-c2cc(O)ccc2Cl)nc2cc(F)ccc21. The van der Waals surface area contributed by atoms with Gasteiger partial charge < -0.3 is 9.67 Å². The minimum Gasteiger partial charge on any atom is -0.508 e. The number of phenols is 1. The lowest BCUT2D eigenvalue weighted by molar-refractivity contribution is 0.475. The molecule has 1 N–H and O–H groups in total. The largest absolute Gasteiger partial charge is 0.508 e. The quantitative estimate of drug-likeness (QED) is 0.767. The third-order valence-corrected chi connectivity index (χ3v) is 3.68. The second-order valence-electron chi connectivity index (χ2n) is 4.88. The molecule has 0 unspecified atom stereocenters. The van der Waals surface area contributed by atoms with Gasteiger partial charge in [-0.05, 0) is 36.8 Å². The lowest BCUT2D eigenvalue weighted by atomic mass is 10.2. The summed E-state index contributed by atoms with van der Waals surface area (Å²) < 4.78 is 15.4. The maximum atomic E-state index is 13.4. The van der Waals surface area contributed by atoms with Crippen LogP contribution in [0.3, 0.4) is 0 Å². The van der Waals surface area contributed by atoms with Gasteiger partial charge >= 0.3 is 0 Å². The van der Waals surface area contributed by atoms with Crippen LogP contribution in [0.15, 0.2) is 36.4 Å². The van der Waals surface area contributed by atoms with E-state index in [1.165, 1.54) is 18.2 Å². The van der Waals surface area contributed by atoms with Crippen molar-refractivity contribution >= 4 is 22.6 Å². The molecule has 2 aromatic carbocycles. The van der Waals surface area contributed by atoms with Gasteiger partial charge in [-0.25, -0.2) is 9.37 Å². The van der Waals surface area contributed by atoms with E-state index in [1.807, 2.05) is 4.57 Å². The van der Waals surface area contributed by atoms with Crippen molar-refractivity contribution in [1.82, 2.24) is 9.55 Å². The fourth-order valence-electron chi connectivity index (χ4n) is 2.44. The highest BCUT2D eigenvalue weighted by molar-refractivity contribution is 6.33. The lowest BCUT2D eigenvalue weighted by Crippen LogP contribution is -2.00. The number of hydrogen-bond donors (Lipinski definition) is 1. The predicted octanol–water partition coefficient (Wildman–Crippen LogP) is 4.61. The van der Waals surface area contributed by atoms with Gasteiger partial charge in [-0.3, -0.25) is 0 Å². The molecule has 3 nitrogen and oxygen atoms in total. The van der Waals surface area contributed by atoms with Crippen LogP contribution in [0.1, 0.15) is 13.3 Å². The third-order valence-electron chi connectivity index (χ3n) is 3.35. The van der Waals surface area contributed by atoms with E-state index < -0.39 is 0 Å². The maximum Gasteiger partial charge on any atom is 0.142 e. The van der Waals surface area contributed by atoms with Crippen molar-refractivity contribution in [2.45, 2.75) is 19.9 Å². The molecule has 0 amide bonds. The van der Waals surface area contributed by atoms with Gasteiger partial charge in [0.1, 0.15) is 17.4 Å². The first-order valence-corrected chi connectivity index (χ1v) is 7.12. The number of rotatable bonds is 3. The Morgan fingerprint density at radius 2 is 2.05 bits per heavy atom. The normalized spacial score (nSPS) is 11.2. The summed E-state index contributed by atoms with van der Waals surface area (Å²) in [4.78, 5) is 4.49. The monoisotopic (exact) mass is 304 g/mol. The molecule has 0 saturated heterocycles. The predicted molar refractivity (Wildman–Crippen MR) is 82.1 cm³/mol. The number of imidazole rings is 1. The van der Waals surface area contributed by atoms with Gasteiger partial charge in [-0.2, -0.15) is 0 Å². The van der Waals surface area contributed by atoms with Gasteiger partial charge in [-0.15, -0.1) is 0 Å². The average Bonchev–Trinajstić information content (AvgIpc) is 2.80. The zero-order valence-corrected chi connectivity index (χ0v) is 12.2. The van der Waals surface area contributed by atoms with E-state index in [1.54, 1.807) is 18.2 Å². The average molecular weight is 305 g/mol. The summed E-state index contributed by atoms with van der Waals surface area (Å²) in [5.74, 6) is 0.436. The maximum absolute atomic E-state index is 13.4. The molecule has 5 heteroatoms. The van der Waals surface area contributed by atoms with Crippen molar-refractivity contribution in [3.05, 3.63) is 47.2 Å². The Labute approximate surface area is 126 Å². The van der Waals surface area contributed by atoms with Gasteiger partial charge in [-0.1, -0.05) is 18.5 Å². The van der Waals surface area contributed by atoms with Crippen LogP contribution in [-0.2, 0) is 6.54 Å². The Morgan fingerprint density at radius 3 is 2.81 bits per heavy atom. The van der Waals surface area contributed by atoms with E-state index in [0.29, 0.717) is 21.9 Å². The molecule has 3 aromatic rings. The molecule has 0 bridgehead atoms. The highest BCUT2D eigenvalue weighted by atomic mass is 35.5. The van der Waals surface area contributed by atoms with Gasteiger partial charge in [0.15, 0.2) is 0 Å². The van der Waals surface area contributed by atoms with Crippen LogP contribution in [0, 0.1) is 5.82 Å². The van der Waals surface area contributed by atoms with E-state index in [-0.39, 0.29) is 11.6 Å². The summed E-state index contributed by atoms with van der Waals surface area (Å²) in [7, 11) is 0. The Morgan fingerprint density at radius 1 is 1.24 bits per heavy atom. The molecule has 0 aliphatic rings. The van der Waals surface area contributed by atoms with Crippen molar-refractivity contribution in [3.63, 3.8) is 0 Å². The van der Waals surface area contributed by atoms with E-state index in [4.69, 9.17) is 11.6 Å². The highest BCUT2D eigenvalue weighted by Gasteiger charge is 2.15. The Balaban J connectivity index is 2.30. The summed E-state index contributed by atoms with van der Waals surface area (Å²) >= 11 is 6.22. The van der Waals surface area contributed by atoms with Gasteiger partial charge in [0.2, 0.25) is 0 Å². The molecule has 0 spiro atoms. The van der Waals surface area contributed by atoms with Gasteiger partial charge in [0.05, 0.1) is 16.1 Å². The second-order valence-corrected chi connectivity index (χ2v) is 5.29. The smallest absolute Gasteiger partial charge is 0.142 e. The van der Waals surface area contributed by atoms with Crippen LogP contribution in [0.25, 0.3) is 22.4 Å². The van der Waals surface area contributed by atoms with E-state index in [9.17, 15) is 9.50 Å². The van der Waals surface area contributed by atoms with Gasteiger partial charge in [0, 0.05) is 18.2 Å². The number of phenolic OH excluding ortho intramolecular Hbond substituents is 1. The Hall–Kier alpha value is -2.07. The highest BCUT2D eigenvalue weighted by Crippen LogP contribution is 2.33. The first kappa shape index (κ1) is 13.9. The molecule has 0 atom stereocenters. The molecule has 108 valence electrons. The minimum atomic E-state index is -0.322. The van der Waals surface area contributed by atoms with Crippen LogP contribution in [0.5, 0.6) is 5.75 Å². The van der Waals surface area contributed by atoms with Crippen molar-refractivity contribution in [3.8, 4) is 17.1 Å². The van der Waals surface area contributed by atoms with Crippen LogP contribution < -0.4 is 0 Å². The second kappa shape index (κ2) is 5.37. The van der Waals surface area contributed by atoms with Crippen LogP contribution in [0.4, 0.5) is 4.39 Å². The van der Waals surface area contributed by atoms with Crippen molar-refractivity contribution in [1.29, 1.82) is 0 Å². The number of fused-ring (bicyclic) bond motifs is 1. The summed E-state index contributed by atoms with van der Waals surface area (Å²) in [5.41, 5.74) is 2.08. The molecule has 3 rings (SSSR count). The van der Waals surface area contributed by atoms with E-state index in [2.05, 4.69) is 11.9 Å². The Kier molecular flexibility index (Phi) is 3.55. The first-order valence-electron chi connectivity index (χ1n) is 6.75. The van der Waals surface area contributed by atoms with E-state index >= 15 is 0 Å². The molecule has 0 fully saturated rings. The summed E-state index contributed by atoms with van der Waals surface area (Å²) in [6.45, 7) is 2.80. The number of hydrogen-bond acceptors (Lipinski definition) is 2. The topological polar surface area (TPSA) is 38.0 Å². The lowest BCUT2D eigenvalue weighted by Gasteiger charge is -2.09. The molecule has 1 heterocycles. The summed E-state index contributed by atoms with van der Waals surface area (Å²) in [6.07, 6.45) is 0.909. The van der Waals surface area contributed by atoms with Crippen molar-refractivity contribution in [2.24, 2.45) is 0 Å². The van der Waals surface area contributed by atoms with Crippen molar-refractivity contribution < 1.29 is 9.50 Å². The van der Waals surface area contributed by atoms with Crippen molar-refractivity contribution in [2.75, 3.05) is 0 Å². The number of aromatic hydroxyl groups is 1. The molecule has 0 aliphatic heterocycles. The minimum absolute atomic E-state index is 0.121. The summed E-state index contributed by atoms with van der Waals surface area (Å²) in [6, 6.07) is 9.27. The fraction of sp³-hybridized carbons (Fsp3) is 0.188. The van der Waals surface area contributed by atoms with Crippen LogP contribution in [0.2, 0.25) is 5.02 Å². The van der Waals surface area contributed by atoms with E-state index in [0.717, 1.165) is 18.5 Å². The number of halogens is 2. The molecule has 0 aliphatic carbocycles. The fourth-order valence-corrected chi connectivity index (χ4v) is 2.65. The number of benzene rings is 2.